The van der Waals surface area contributed by atoms with E-state index in [2.05, 4.69) is 15.6 Å². The smallest absolute Gasteiger partial charge is 0.354 e. The summed E-state index contributed by atoms with van der Waals surface area (Å²) in [6.07, 6.45) is 8.14. The molecule has 0 bridgehead atoms. The summed E-state index contributed by atoms with van der Waals surface area (Å²) in [4.78, 5) is 57.5. The molecule has 1 fully saturated rings. The molecular formula is C42H42N6O7. The van der Waals surface area contributed by atoms with E-state index in [4.69, 9.17) is 14.2 Å². The first kappa shape index (κ1) is 36.7. The number of methoxy groups -OCH3 is 2. The number of nitrogens with zero attached hydrogens (tertiary/aromatic N) is 4. The van der Waals surface area contributed by atoms with E-state index in [0.29, 0.717) is 58.5 Å². The number of ether oxygens (including phenoxy) is 3. The number of amides is 3. The zero-order chi connectivity index (χ0) is 38.6. The van der Waals surface area contributed by atoms with Gasteiger partial charge in [-0.3, -0.25) is 19.4 Å². The lowest BCUT2D eigenvalue weighted by Gasteiger charge is -2.20. The van der Waals surface area contributed by atoms with Gasteiger partial charge in [0.2, 0.25) is 5.91 Å². The number of fused-ring (bicyclic) bond motifs is 2. The van der Waals surface area contributed by atoms with Gasteiger partial charge < -0.3 is 38.9 Å². The molecule has 0 saturated carbocycles. The highest BCUT2D eigenvalue weighted by Crippen LogP contribution is 2.38. The van der Waals surface area contributed by atoms with Crippen LogP contribution in [0, 0.1) is 0 Å². The van der Waals surface area contributed by atoms with Crippen LogP contribution in [0.3, 0.4) is 0 Å². The largest absolute Gasteiger partial charge is 0.493 e. The van der Waals surface area contributed by atoms with Crippen LogP contribution in [-0.4, -0.2) is 77.4 Å². The SMILES string of the molecule is COC(=O)c1cc(-c2ccc(NC(=O)c3cc(-c4ccc(NC(=O)CCCOc5cc6c(cc5OC)C(=O)N5CCC[C@H]5C=N6)cc4)cn3C)cc2)cn1C. The van der Waals surface area contributed by atoms with Crippen LogP contribution in [0.1, 0.15) is 57.0 Å². The van der Waals surface area contributed by atoms with E-state index >= 15 is 0 Å². The summed E-state index contributed by atoms with van der Waals surface area (Å²) in [5.74, 6) is 0.0508. The van der Waals surface area contributed by atoms with Gasteiger partial charge in [-0.25, -0.2) is 4.79 Å². The second-order valence-electron chi connectivity index (χ2n) is 13.6. The number of anilines is 2. The van der Waals surface area contributed by atoms with Crippen LogP contribution in [0.5, 0.6) is 11.5 Å². The fourth-order valence-corrected chi connectivity index (χ4v) is 6.92. The van der Waals surface area contributed by atoms with Crippen molar-refractivity contribution in [2.45, 2.75) is 31.7 Å². The molecule has 2 N–H and O–H groups in total. The maximum Gasteiger partial charge on any atom is 0.354 e. The van der Waals surface area contributed by atoms with Crippen molar-refractivity contribution in [2.24, 2.45) is 19.1 Å². The van der Waals surface area contributed by atoms with E-state index in [9.17, 15) is 19.2 Å². The molecule has 2 aliphatic heterocycles. The molecule has 1 atom stereocenters. The maximum atomic E-state index is 13.2. The topological polar surface area (TPSA) is 145 Å². The van der Waals surface area contributed by atoms with E-state index in [1.807, 2.05) is 85.2 Å². The first-order valence-electron chi connectivity index (χ1n) is 18.0. The molecule has 4 heterocycles. The lowest BCUT2D eigenvalue weighted by molar-refractivity contribution is -0.116. The molecular weight excluding hydrogens is 700 g/mol. The maximum absolute atomic E-state index is 13.2. The van der Waals surface area contributed by atoms with Gasteiger partial charge in [0, 0.05) is 74.2 Å². The highest BCUT2D eigenvalue weighted by molar-refractivity contribution is 6.05. The van der Waals surface area contributed by atoms with Gasteiger partial charge in [0.25, 0.3) is 11.8 Å². The molecule has 0 unspecified atom stereocenters. The minimum Gasteiger partial charge on any atom is -0.493 e. The summed E-state index contributed by atoms with van der Waals surface area (Å²) in [5.41, 5.74) is 6.76. The quantitative estimate of drug-likeness (QED) is 0.105. The Kier molecular flexibility index (Phi) is 10.5. The highest BCUT2D eigenvalue weighted by atomic mass is 16.5. The second-order valence-corrected chi connectivity index (χ2v) is 13.6. The molecule has 2 aromatic heterocycles. The van der Waals surface area contributed by atoms with Crippen LogP contribution in [0.25, 0.3) is 22.3 Å². The van der Waals surface area contributed by atoms with Crippen molar-refractivity contribution in [1.29, 1.82) is 0 Å². The summed E-state index contributed by atoms with van der Waals surface area (Å²) < 4.78 is 19.8. The highest BCUT2D eigenvalue weighted by Gasteiger charge is 2.32. The molecule has 5 aromatic rings. The zero-order valence-corrected chi connectivity index (χ0v) is 31.1. The van der Waals surface area contributed by atoms with E-state index in [1.54, 1.807) is 34.4 Å². The fourth-order valence-electron chi connectivity index (χ4n) is 6.92. The second kappa shape index (κ2) is 15.8. The Labute approximate surface area is 318 Å². The first-order chi connectivity index (χ1) is 26.6. The van der Waals surface area contributed by atoms with Crippen LogP contribution >= 0.6 is 0 Å². The summed E-state index contributed by atoms with van der Waals surface area (Å²) in [5, 5.41) is 5.88. The van der Waals surface area contributed by atoms with Crippen molar-refractivity contribution in [3.63, 3.8) is 0 Å². The van der Waals surface area contributed by atoms with Gasteiger partial charge in [0.05, 0.1) is 38.1 Å². The summed E-state index contributed by atoms with van der Waals surface area (Å²) in [7, 11) is 6.48. The molecule has 3 amide bonds. The predicted octanol–water partition coefficient (Wildman–Crippen LogP) is 6.86. The lowest BCUT2D eigenvalue weighted by Crippen LogP contribution is -2.35. The van der Waals surface area contributed by atoms with E-state index < -0.39 is 5.97 Å². The molecule has 282 valence electrons. The summed E-state index contributed by atoms with van der Waals surface area (Å²) in [6.45, 7) is 0.990. The monoisotopic (exact) mass is 742 g/mol. The van der Waals surface area contributed by atoms with Crippen LogP contribution in [0.4, 0.5) is 17.1 Å². The van der Waals surface area contributed by atoms with Crippen LogP contribution < -0.4 is 20.1 Å². The normalized spacial score (nSPS) is 14.5. The molecule has 0 radical (unpaired) electrons. The third kappa shape index (κ3) is 7.86. The number of aliphatic imine (C=N–C) groups is 1. The lowest BCUT2D eigenvalue weighted by atomic mass is 10.1. The van der Waals surface area contributed by atoms with Crippen molar-refractivity contribution >= 4 is 47.0 Å². The molecule has 55 heavy (non-hydrogen) atoms. The van der Waals surface area contributed by atoms with Crippen LogP contribution in [0.2, 0.25) is 0 Å². The van der Waals surface area contributed by atoms with E-state index in [1.165, 1.54) is 14.2 Å². The number of hydrogen-bond donors (Lipinski definition) is 2. The average molecular weight is 743 g/mol. The summed E-state index contributed by atoms with van der Waals surface area (Å²) >= 11 is 0. The van der Waals surface area contributed by atoms with Crippen molar-refractivity contribution < 1.29 is 33.4 Å². The number of carbonyl (C=O) groups is 4. The number of benzene rings is 3. The van der Waals surface area contributed by atoms with Gasteiger partial charge in [-0.1, -0.05) is 24.3 Å². The van der Waals surface area contributed by atoms with Crippen molar-refractivity contribution in [3.05, 3.63) is 102 Å². The van der Waals surface area contributed by atoms with Crippen molar-refractivity contribution in [2.75, 3.05) is 38.0 Å². The number of carbonyl (C=O) groups excluding carboxylic acids is 4. The van der Waals surface area contributed by atoms with Gasteiger partial charge in [0.1, 0.15) is 11.4 Å². The Bertz CT molecular complexity index is 2290. The van der Waals surface area contributed by atoms with Crippen LogP contribution in [-0.2, 0) is 23.6 Å². The molecule has 0 aliphatic carbocycles. The molecule has 13 heteroatoms. The van der Waals surface area contributed by atoms with Crippen LogP contribution in [0.15, 0.2) is 90.2 Å². The minimum absolute atomic E-state index is 0.0137. The Morgan fingerprint density at radius 2 is 1.44 bits per heavy atom. The third-order valence-corrected chi connectivity index (χ3v) is 9.88. The van der Waals surface area contributed by atoms with Crippen molar-refractivity contribution in [1.82, 2.24) is 14.0 Å². The van der Waals surface area contributed by atoms with Gasteiger partial charge in [0.15, 0.2) is 11.5 Å². The minimum atomic E-state index is -0.409. The molecule has 1 saturated heterocycles. The number of esters is 1. The Hall–Kier alpha value is -6.63. The molecule has 0 spiro atoms. The fraction of sp³-hybridized carbons (Fsp3) is 0.262. The zero-order valence-electron chi connectivity index (χ0n) is 31.1. The number of hydrogen-bond acceptors (Lipinski definition) is 8. The average Bonchev–Trinajstić information content (AvgIpc) is 3.92. The molecule has 2 aliphatic rings. The van der Waals surface area contributed by atoms with Gasteiger partial charge in [-0.05, 0) is 72.9 Å². The van der Waals surface area contributed by atoms with Gasteiger partial charge in [-0.15, -0.1) is 0 Å². The predicted molar refractivity (Wildman–Crippen MR) is 210 cm³/mol. The summed E-state index contributed by atoms with van der Waals surface area (Å²) in [6, 6.07) is 21.9. The number of aromatic nitrogens is 2. The Balaban J connectivity index is 0.902. The van der Waals surface area contributed by atoms with Crippen molar-refractivity contribution in [3.8, 4) is 33.8 Å². The molecule has 7 rings (SSSR count). The third-order valence-electron chi connectivity index (χ3n) is 9.88. The first-order valence-corrected chi connectivity index (χ1v) is 18.0. The Morgan fingerprint density at radius 1 is 0.800 bits per heavy atom. The van der Waals surface area contributed by atoms with Gasteiger partial charge >= 0.3 is 5.97 Å². The molecule has 13 nitrogen and oxygen atoms in total. The Morgan fingerprint density at radius 3 is 2.09 bits per heavy atom. The number of nitrogens with one attached hydrogen (secondary N) is 2. The number of rotatable bonds is 12. The standard InChI is InChI=1S/C42H42N6O7/c1-46-24-28(19-35(46)40(50)45-31-15-11-27(12-16-31)29-20-36(42(52)54-4)47(2)25-29)26-9-13-30(14-10-26)44-39(49)8-6-18-55-38-22-34-33(21-37(38)53-3)41(51)48-17-5-7-32(48)23-43-34/h9-16,19-25,32H,5-8,17-18H2,1-4H3,(H,44,49)(H,45,50)/t32-/m0/s1. The van der Waals surface area contributed by atoms with E-state index in [0.717, 1.165) is 35.1 Å². The number of aryl methyl sites for hydroxylation is 2. The van der Waals surface area contributed by atoms with E-state index in [-0.39, 0.29) is 36.8 Å². The van der Waals surface area contributed by atoms with Gasteiger partial charge in [-0.2, -0.15) is 0 Å². The molecule has 3 aromatic carbocycles.